The van der Waals surface area contributed by atoms with E-state index in [1.54, 1.807) is 0 Å². The van der Waals surface area contributed by atoms with Crippen LogP contribution in [0.15, 0.2) is 6.20 Å². The number of hydrogen-bond donors (Lipinski definition) is 0. The minimum atomic E-state index is 0.846. The van der Waals surface area contributed by atoms with Crippen LogP contribution in [0.4, 0.5) is 0 Å². The molecule has 3 heterocycles. The van der Waals surface area contributed by atoms with E-state index in [1.165, 1.54) is 55.3 Å². The highest BCUT2D eigenvalue weighted by Crippen LogP contribution is 2.28. The normalized spacial score (nSPS) is 29.3. The zero-order chi connectivity index (χ0) is 11.0. The first-order valence-electron chi connectivity index (χ1n) is 6.44. The largest absolute Gasteiger partial charge is 0.332 e. The number of hydrogen-bond acceptors (Lipinski definition) is 2. The molecule has 3 rings (SSSR count). The topological polar surface area (TPSA) is 17.8 Å². The van der Waals surface area contributed by atoms with Gasteiger partial charge < -0.3 is 4.57 Å². The van der Waals surface area contributed by atoms with Gasteiger partial charge in [0, 0.05) is 24.9 Å². The van der Waals surface area contributed by atoms with Crippen LogP contribution in [0, 0.1) is 11.8 Å². The lowest BCUT2D eigenvalue weighted by atomic mass is 9.98. The summed E-state index contributed by atoms with van der Waals surface area (Å²) in [4.78, 5) is 4.65. The highest BCUT2D eigenvalue weighted by atomic mass is 32.2. The Labute approximate surface area is 102 Å². The van der Waals surface area contributed by atoms with E-state index in [-0.39, 0.29) is 0 Å². The summed E-state index contributed by atoms with van der Waals surface area (Å²) in [6.45, 7) is 3.55. The molecule has 1 aromatic heterocycles. The van der Waals surface area contributed by atoms with Crippen molar-refractivity contribution in [3.05, 3.63) is 17.7 Å². The molecule has 0 bridgehead atoms. The molecule has 0 aliphatic carbocycles. The second kappa shape index (κ2) is 4.44. The van der Waals surface area contributed by atoms with Gasteiger partial charge in [-0.15, -0.1) is 0 Å². The van der Waals surface area contributed by atoms with Gasteiger partial charge in [0.1, 0.15) is 5.82 Å². The molecule has 0 saturated carbocycles. The number of rotatable bonds is 2. The van der Waals surface area contributed by atoms with Crippen LogP contribution in [0.25, 0.3) is 0 Å². The standard InChI is InChI=1S/C13H20N2S/c1-10-2-4-15-12(6-10)8-14-13(15)7-11-3-5-16-9-11/h8,10-11H,2-7,9H2,1H3. The molecule has 0 spiro atoms. The average molecular weight is 236 g/mol. The Morgan fingerprint density at radius 3 is 3.25 bits per heavy atom. The van der Waals surface area contributed by atoms with E-state index >= 15 is 0 Å². The van der Waals surface area contributed by atoms with Crippen LogP contribution >= 0.6 is 11.8 Å². The summed E-state index contributed by atoms with van der Waals surface area (Å²) in [6, 6.07) is 0. The molecule has 1 saturated heterocycles. The van der Waals surface area contributed by atoms with Crippen LogP contribution in [0.2, 0.25) is 0 Å². The minimum absolute atomic E-state index is 0.846. The SMILES string of the molecule is CC1CCn2c(cnc2CC2CCSC2)C1. The average Bonchev–Trinajstić information content (AvgIpc) is 2.89. The fourth-order valence-corrected chi connectivity index (χ4v) is 4.15. The summed E-state index contributed by atoms with van der Waals surface area (Å²) in [5, 5.41) is 0. The van der Waals surface area contributed by atoms with E-state index in [0.29, 0.717) is 0 Å². The van der Waals surface area contributed by atoms with Crippen LogP contribution in [0.5, 0.6) is 0 Å². The Balaban J connectivity index is 1.75. The molecule has 0 radical (unpaired) electrons. The van der Waals surface area contributed by atoms with Crippen molar-refractivity contribution in [3.8, 4) is 0 Å². The molecular formula is C13H20N2S. The molecule has 2 aliphatic rings. The summed E-state index contributed by atoms with van der Waals surface area (Å²) in [5.74, 6) is 5.79. The van der Waals surface area contributed by atoms with Crippen molar-refractivity contribution < 1.29 is 0 Å². The summed E-state index contributed by atoms with van der Waals surface area (Å²) >= 11 is 2.10. The fourth-order valence-electron chi connectivity index (χ4n) is 2.86. The van der Waals surface area contributed by atoms with E-state index in [9.17, 15) is 0 Å². The van der Waals surface area contributed by atoms with Gasteiger partial charge in [-0.1, -0.05) is 6.92 Å². The summed E-state index contributed by atoms with van der Waals surface area (Å²) in [5.41, 5.74) is 1.47. The summed E-state index contributed by atoms with van der Waals surface area (Å²) < 4.78 is 2.49. The molecule has 0 N–H and O–H groups in total. The molecule has 16 heavy (non-hydrogen) atoms. The minimum Gasteiger partial charge on any atom is -0.332 e. The molecule has 2 aliphatic heterocycles. The maximum absolute atomic E-state index is 4.65. The molecule has 0 amide bonds. The lowest BCUT2D eigenvalue weighted by Crippen LogP contribution is -2.19. The number of nitrogens with zero attached hydrogens (tertiary/aromatic N) is 2. The van der Waals surface area contributed by atoms with Gasteiger partial charge in [0.2, 0.25) is 0 Å². The summed E-state index contributed by atoms with van der Waals surface area (Å²) in [7, 11) is 0. The Morgan fingerprint density at radius 2 is 2.44 bits per heavy atom. The van der Waals surface area contributed by atoms with Crippen molar-refractivity contribution in [1.82, 2.24) is 9.55 Å². The molecular weight excluding hydrogens is 216 g/mol. The van der Waals surface area contributed by atoms with Gasteiger partial charge in [-0.3, -0.25) is 0 Å². The number of fused-ring (bicyclic) bond motifs is 1. The van der Waals surface area contributed by atoms with Crippen molar-refractivity contribution in [2.45, 2.75) is 39.2 Å². The zero-order valence-electron chi connectivity index (χ0n) is 9.98. The van der Waals surface area contributed by atoms with Gasteiger partial charge in [0.15, 0.2) is 0 Å². The highest BCUT2D eigenvalue weighted by Gasteiger charge is 2.22. The van der Waals surface area contributed by atoms with Gasteiger partial charge in [0.25, 0.3) is 0 Å². The van der Waals surface area contributed by atoms with Gasteiger partial charge in [0.05, 0.1) is 0 Å². The van der Waals surface area contributed by atoms with Crippen LogP contribution in [0.1, 0.15) is 31.3 Å². The maximum atomic E-state index is 4.65. The molecule has 1 fully saturated rings. The fraction of sp³-hybridized carbons (Fsp3) is 0.769. The number of thioether (sulfide) groups is 1. The second-order valence-corrected chi connectivity index (χ2v) is 6.50. The van der Waals surface area contributed by atoms with E-state index < -0.39 is 0 Å². The van der Waals surface area contributed by atoms with Crippen LogP contribution in [-0.4, -0.2) is 21.1 Å². The van der Waals surface area contributed by atoms with Crippen LogP contribution in [-0.2, 0) is 19.4 Å². The second-order valence-electron chi connectivity index (χ2n) is 5.35. The number of imidazole rings is 1. The van der Waals surface area contributed by atoms with E-state index in [2.05, 4.69) is 34.4 Å². The lowest BCUT2D eigenvalue weighted by molar-refractivity contribution is 0.402. The van der Waals surface area contributed by atoms with Crippen LogP contribution in [0.3, 0.4) is 0 Å². The van der Waals surface area contributed by atoms with Gasteiger partial charge >= 0.3 is 0 Å². The highest BCUT2D eigenvalue weighted by molar-refractivity contribution is 7.99. The Bertz CT molecular complexity index is 366. The van der Waals surface area contributed by atoms with Gasteiger partial charge in [-0.2, -0.15) is 11.8 Å². The van der Waals surface area contributed by atoms with Crippen molar-refractivity contribution in [3.63, 3.8) is 0 Å². The lowest BCUT2D eigenvalue weighted by Gasteiger charge is -2.22. The van der Waals surface area contributed by atoms with Crippen LogP contribution < -0.4 is 0 Å². The Morgan fingerprint density at radius 1 is 1.50 bits per heavy atom. The van der Waals surface area contributed by atoms with E-state index in [0.717, 1.165) is 11.8 Å². The third kappa shape index (κ3) is 2.02. The van der Waals surface area contributed by atoms with E-state index in [4.69, 9.17) is 0 Å². The third-order valence-corrected chi connectivity index (χ3v) is 5.15. The monoisotopic (exact) mass is 236 g/mol. The molecule has 2 nitrogen and oxygen atoms in total. The first-order chi connectivity index (χ1) is 7.83. The maximum Gasteiger partial charge on any atom is 0.109 e. The first-order valence-corrected chi connectivity index (χ1v) is 7.59. The van der Waals surface area contributed by atoms with Crippen molar-refractivity contribution in [2.75, 3.05) is 11.5 Å². The molecule has 0 aromatic carbocycles. The van der Waals surface area contributed by atoms with Crippen molar-refractivity contribution in [1.29, 1.82) is 0 Å². The van der Waals surface area contributed by atoms with Gasteiger partial charge in [-0.25, -0.2) is 4.98 Å². The Kier molecular flexibility index (Phi) is 2.97. The zero-order valence-corrected chi connectivity index (χ0v) is 10.8. The molecule has 2 unspecified atom stereocenters. The van der Waals surface area contributed by atoms with Crippen molar-refractivity contribution >= 4 is 11.8 Å². The predicted molar refractivity (Wildman–Crippen MR) is 68.8 cm³/mol. The predicted octanol–water partition coefficient (Wildman–Crippen LogP) is 2.76. The molecule has 88 valence electrons. The smallest absolute Gasteiger partial charge is 0.109 e. The molecule has 2 atom stereocenters. The van der Waals surface area contributed by atoms with Gasteiger partial charge in [-0.05, 0) is 42.6 Å². The third-order valence-electron chi connectivity index (χ3n) is 3.92. The number of aromatic nitrogens is 2. The first kappa shape index (κ1) is 10.7. The van der Waals surface area contributed by atoms with E-state index in [1.807, 2.05) is 0 Å². The van der Waals surface area contributed by atoms with Crippen molar-refractivity contribution in [2.24, 2.45) is 11.8 Å². The summed E-state index contributed by atoms with van der Waals surface area (Å²) in [6.07, 6.45) is 7.28. The molecule has 3 heteroatoms. The Hall–Kier alpha value is -0.440. The molecule has 1 aromatic rings. The quantitative estimate of drug-likeness (QED) is 0.786.